The Labute approximate surface area is 297 Å². The number of nitriles is 2. The molecule has 191 valence electrons. The van der Waals surface area contributed by atoms with E-state index in [4.69, 9.17) is 56.9 Å². The molecule has 1 radical (unpaired) electrons. The molecule has 1 aromatic rings. The van der Waals surface area contributed by atoms with Crippen molar-refractivity contribution in [2.24, 2.45) is 0 Å². The normalized spacial score (nSPS) is 8.28. The molecular weight excluding hydrogens is 795 g/mol. The molecule has 1 rings (SSSR count). The van der Waals surface area contributed by atoms with E-state index in [2.05, 4.69) is 121 Å². The molecule has 0 amide bonds. The van der Waals surface area contributed by atoms with Crippen LogP contribution in [0, 0.1) is 22.7 Å². The minimum Gasteiger partial charge on any atom is -0.412 e. The van der Waals surface area contributed by atoms with E-state index < -0.39 is 0 Å². The number of nitrogens with one attached hydrogen (secondary N) is 4. The van der Waals surface area contributed by atoms with Gasteiger partial charge in [-0.3, -0.25) is 0 Å². The molecule has 0 heterocycles. The molecule has 1 aromatic carbocycles. The van der Waals surface area contributed by atoms with Gasteiger partial charge in [0.25, 0.3) is 0 Å². The Kier molecular flexibility index (Phi) is 32.0. The Hall–Kier alpha value is 0.943. The van der Waals surface area contributed by atoms with Gasteiger partial charge in [-0.1, -0.05) is 63.7 Å². The molecule has 0 saturated carbocycles. The maximum atomic E-state index is 8.70. The molecule has 0 aliphatic rings. The molecule has 0 saturated heterocycles. The largest absolute Gasteiger partial charge is 2.00 e. The van der Waals surface area contributed by atoms with Gasteiger partial charge in [-0.05, 0) is 0 Å². The third-order valence-electron chi connectivity index (χ3n) is 2.81. The zero-order chi connectivity index (χ0) is 26.8. The zero-order valence-corrected chi connectivity index (χ0v) is 31.3. The predicted octanol–water partition coefficient (Wildman–Crippen LogP) is 3.70. The molecule has 0 bridgehead atoms. The van der Waals surface area contributed by atoms with E-state index in [1.165, 1.54) is 0 Å². The van der Waals surface area contributed by atoms with Gasteiger partial charge in [0.1, 0.15) is 12.1 Å². The molecule has 6 nitrogen and oxygen atoms in total. The number of nitrogens with zero attached hydrogens (tertiary/aromatic N) is 2. The summed E-state index contributed by atoms with van der Waals surface area (Å²) >= 11 is 59.5. The van der Waals surface area contributed by atoms with Crippen LogP contribution in [0.25, 0.3) is 0 Å². The molecule has 0 aromatic heterocycles. The van der Waals surface area contributed by atoms with E-state index >= 15 is 0 Å². The van der Waals surface area contributed by atoms with Crippen molar-refractivity contribution in [1.82, 2.24) is 21.3 Å². The van der Waals surface area contributed by atoms with Crippen LogP contribution in [0.15, 0.2) is 0 Å². The van der Waals surface area contributed by atoms with Crippen LogP contribution in [0.1, 0.15) is 11.1 Å². The fourth-order valence-electron chi connectivity index (χ4n) is 1.49. The number of halogens is 4. The molecule has 0 aliphatic carbocycles. The average Bonchev–Trinajstić information content (AvgIpc) is 2.74. The van der Waals surface area contributed by atoms with Gasteiger partial charge in [0.2, 0.25) is 0 Å². The van der Waals surface area contributed by atoms with Crippen molar-refractivity contribution < 1.29 is 36.5 Å². The molecule has 0 aliphatic heterocycles. The van der Waals surface area contributed by atoms with Crippen molar-refractivity contribution in [2.45, 2.75) is 0 Å². The summed E-state index contributed by atoms with van der Waals surface area (Å²) in [7, 11) is 0. The van der Waals surface area contributed by atoms with E-state index in [1.54, 1.807) is 12.1 Å². The van der Waals surface area contributed by atoms with Crippen molar-refractivity contribution in [1.29, 1.82) is 10.5 Å². The smallest absolute Gasteiger partial charge is 0.412 e. The number of hydrogen-bond acceptors (Lipinski definition) is 10. The van der Waals surface area contributed by atoms with Gasteiger partial charge in [0.15, 0.2) is 0 Å². The predicted molar refractivity (Wildman–Crippen MR) is 168 cm³/mol. The quantitative estimate of drug-likeness (QED) is 0.0842. The Balaban J connectivity index is -0.000000213. The zero-order valence-electron chi connectivity index (χ0n) is 17.6. The summed E-state index contributed by atoms with van der Waals surface area (Å²) in [4.78, 5) is 0. The second-order valence-corrected chi connectivity index (χ2v) is 10.9. The van der Waals surface area contributed by atoms with E-state index in [0.717, 1.165) is 0 Å². The van der Waals surface area contributed by atoms with Crippen LogP contribution in [0.4, 0.5) is 0 Å². The second-order valence-electron chi connectivity index (χ2n) is 5.09. The van der Waals surface area contributed by atoms with Gasteiger partial charge >= 0.3 is 36.5 Å². The summed E-state index contributed by atoms with van der Waals surface area (Å²) in [6.07, 6.45) is 0. The average molecular weight is 807 g/mol. The molecule has 0 spiro atoms. The number of thiocarbonyl (C=S) groups is 4. The van der Waals surface area contributed by atoms with E-state index in [-0.39, 0.29) is 67.8 Å². The van der Waals surface area contributed by atoms with Gasteiger partial charge in [-0.15, -0.1) is 0 Å². The van der Waals surface area contributed by atoms with Crippen molar-refractivity contribution in [3.8, 4) is 12.1 Å². The fourth-order valence-corrected chi connectivity index (χ4v) is 3.37. The summed E-state index contributed by atoms with van der Waals surface area (Å²) in [6, 6.07) is 3.50. The van der Waals surface area contributed by atoms with Crippen LogP contribution in [-0.2, 0) is 87.1 Å². The van der Waals surface area contributed by atoms with Gasteiger partial charge in [0, 0.05) is 26.2 Å². The Morgan fingerprint density at radius 1 is 0.583 bits per heavy atom. The molecule has 0 unspecified atom stereocenters. The minimum atomic E-state index is -0.0746. The van der Waals surface area contributed by atoms with Crippen LogP contribution in [-0.4, -0.2) is 43.5 Å². The van der Waals surface area contributed by atoms with E-state index in [1.807, 2.05) is 0 Å². The first-order valence-electron chi connectivity index (χ1n) is 8.25. The Morgan fingerprint density at radius 2 is 0.806 bits per heavy atom. The summed E-state index contributed by atoms with van der Waals surface area (Å²) in [5.74, 6) is 0. The first-order chi connectivity index (χ1) is 15.8. The molecule has 0 fully saturated rings. The van der Waals surface area contributed by atoms with Crippen LogP contribution in [0.5, 0.6) is 0 Å². The van der Waals surface area contributed by atoms with E-state index in [9.17, 15) is 0 Å². The standard InChI is InChI=1S/C8Cl4N2.2C4H8N2S4.Mn.Zn/c9-5-3(1-13)6(10)8(12)7(11)4(5)2-14;2*7-3(8)5-1-2-6-4(9)10;;/h;2*1-2H2,(H2,5,7,8)(H2,6,9,10);;/q;;;2*+2/p-4. The molecule has 4 N–H and O–H groups in total. The third kappa shape index (κ3) is 21.8. The Morgan fingerprint density at radius 3 is 0.972 bits per heavy atom. The number of rotatable bonds is 6. The molecule has 0 atom stereocenters. The van der Waals surface area contributed by atoms with Crippen LogP contribution < -0.4 is 21.3 Å². The molecular formula is C16H12Cl4MnN6S8Zn. The fraction of sp³-hybridized carbons (Fsp3) is 0.250. The Bertz CT molecular complexity index is 888. The van der Waals surface area contributed by atoms with Crippen LogP contribution in [0.3, 0.4) is 0 Å². The third-order valence-corrected chi connectivity index (χ3v) is 5.67. The maximum Gasteiger partial charge on any atom is 2.00 e. The molecule has 20 heteroatoms. The minimum absolute atomic E-state index is 0. The second kappa shape index (κ2) is 26.2. The van der Waals surface area contributed by atoms with Gasteiger partial charge in [-0.25, -0.2) is 0 Å². The number of benzene rings is 1. The summed E-state index contributed by atoms with van der Waals surface area (Å²) in [5, 5.41) is 28.3. The molecule has 36 heavy (non-hydrogen) atoms. The first kappa shape index (κ1) is 44.0. The first-order valence-corrected chi connectivity index (χ1v) is 13.0. The number of hydrogen-bond donors (Lipinski definition) is 4. The summed E-state index contributed by atoms with van der Waals surface area (Å²) in [6.45, 7) is 2.66. The van der Waals surface area contributed by atoms with Gasteiger partial charge in [0.05, 0.1) is 31.2 Å². The SMILES string of the molecule is N#Cc1c(Cl)c(Cl)c(Cl)c(C#N)c1Cl.S=C([S-])NCCNC(=S)[S-].S=C([S-])NCCNC(=S)[S-].[Mn+2].[Zn+2]. The maximum absolute atomic E-state index is 8.70. The van der Waals surface area contributed by atoms with Gasteiger partial charge in [-0.2, -0.15) is 10.5 Å². The van der Waals surface area contributed by atoms with Crippen molar-refractivity contribution >= 4 is 163 Å². The van der Waals surface area contributed by atoms with Crippen molar-refractivity contribution in [3.05, 3.63) is 31.2 Å². The topological polar surface area (TPSA) is 95.7 Å². The van der Waals surface area contributed by atoms with Crippen LogP contribution >= 0.6 is 95.3 Å². The van der Waals surface area contributed by atoms with E-state index in [0.29, 0.717) is 43.5 Å². The monoisotopic (exact) mass is 803 g/mol. The summed E-state index contributed by atoms with van der Waals surface area (Å²) in [5.41, 5.74) is -0.0847. The van der Waals surface area contributed by atoms with Gasteiger partial charge < -0.3 is 121 Å². The van der Waals surface area contributed by atoms with Crippen molar-refractivity contribution in [2.75, 3.05) is 26.2 Å². The summed E-state index contributed by atoms with van der Waals surface area (Å²) < 4.78 is 1.49. The van der Waals surface area contributed by atoms with Crippen LogP contribution in [0.2, 0.25) is 20.1 Å². The van der Waals surface area contributed by atoms with Crippen molar-refractivity contribution in [3.63, 3.8) is 0 Å².